The van der Waals surface area contributed by atoms with Gasteiger partial charge in [-0.05, 0) is 21.6 Å². The Morgan fingerprint density at radius 3 is 1.60 bits per heavy atom. The molecule has 0 radical (unpaired) electrons. The Bertz CT molecular complexity index is 94.3. The summed E-state index contributed by atoms with van der Waals surface area (Å²) in [5, 5.41) is 7.47. The van der Waals surface area contributed by atoms with Crippen molar-refractivity contribution in [3.63, 3.8) is 0 Å². The number of hydrogen-bond donors (Lipinski definition) is 2. The van der Waals surface area contributed by atoms with Gasteiger partial charge in [-0.15, -0.1) is 23.5 Å². The second-order valence-electron chi connectivity index (χ2n) is 1.31. The molecule has 0 aliphatic rings. The molecule has 0 atom stereocenters. The zero-order valence-electron chi connectivity index (χ0n) is 5.43. The monoisotopic (exact) mass is 210 g/mol. The number of hydrogen-bond acceptors (Lipinski definition) is 4. The van der Waals surface area contributed by atoms with Crippen LogP contribution < -0.4 is 0 Å². The predicted octanol–water partition coefficient (Wildman–Crippen LogP) is 3.25. The van der Waals surface area contributed by atoms with Crippen LogP contribution in [0.3, 0.4) is 0 Å². The fourth-order valence-corrected chi connectivity index (χ4v) is 2.05. The molecule has 0 rings (SSSR count). The van der Waals surface area contributed by atoms with Crippen LogP contribution in [0.1, 0.15) is 0 Å². The van der Waals surface area contributed by atoms with Gasteiger partial charge in [-0.3, -0.25) is 0 Å². The first-order valence-corrected chi connectivity index (χ1v) is 5.86. The minimum absolute atomic E-state index is 1.12. The Balaban J connectivity index is 2.90. The Morgan fingerprint density at radius 2 is 1.30 bits per heavy atom. The summed E-state index contributed by atoms with van der Waals surface area (Å²) in [7, 11) is 0. The topological polar surface area (TPSA) is 0 Å². The van der Waals surface area contributed by atoms with Gasteiger partial charge in [0.05, 0.1) is 0 Å². The molecular formula is C6H10S4. The van der Waals surface area contributed by atoms with Gasteiger partial charge in [0, 0.05) is 11.5 Å². The smallest absolute Gasteiger partial charge is 0.00685 e. The Kier molecular flexibility index (Phi) is 10.7. The SMILES string of the molecule is S/C=C/SCCS/C=C/S. The molecule has 0 N–H and O–H groups in total. The molecule has 0 spiro atoms. The van der Waals surface area contributed by atoms with E-state index in [-0.39, 0.29) is 0 Å². The first-order chi connectivity index (χ1) is 4.91. The summed E-state index contributed by atoms with van der Waals surface area (Å²) in [5.74, 6) is 2.25. The highest BCUT2D eigenvalue weighted by Gasteiger charge is 1.81. The van der Waals surface area contributed by atoms with Crippen molar-refractivity contribution in [2.45, 2.75) is 0 Å². The number of rotatable bonds is 5. The van der Waals surface area contributed by atoms with Crippen LogP contribution >= 0.6 is 48.8 Å². The minimum Gasteiger partial charge on any atom is -0.151 e. The van der Waals surface area contributed by atoms with Crippen molar-refractivity contribution in [3.05, 3.63) is 21.6 Å². The third-order valence-electron chi connectivity index (χ3n) is 0.633. The van der Waals surface area contributed by atoms with Gasteiger partial charge in [-0.2, -0.15) is 25.3 Å². The molecule has 58 valence electrons. The summed E-state index contributed by atoms with van der Waals surface area (Å²) in [5.41, 5.74) is 0. The zero-order valence-corrected chi connectivity index (χ0v) is 8.86. The van der Waals surface area contributed by atoms with Gasteiger partial charge >= 0.3 is 0 Å². The Morgan fingerprint density at radius 1 is 0.900 bits per heavy atom. The molecule has 0 aromatic heterocycles. The summed E-state index contributed by atoms with van der Waals surface area (Å²) in [6.07, 6.45) is 0. The van der Waals surface area contributed by atoms with Crippen LogP contribution in [0.4, 0.5) is 0 Å². The van der Waals surface area contributed by atoms with Crippen LogP contribution in [0.15, 0.2) is 21.6 Å². The van der Waals surface area contributed by atoms with Crippen molar-refractivity contribution in [1.29, 1.82) is 0 Å². The molecule has 0 aliphatic carbocycles. The van der Waals surface area contributed by atoms with E-state index in [1.165, 1.54) is 0 Å². The van der Waals surface area contributed by atoms with E-state index < -0.39 is 0 Å². The van der Waals surface area contributed by atoms with Crippen LogP contribution in [0.25, 0.3) is 0 Å². The van der Waals surface area contributed by atoms with Gasteiger partial charge in [0.2, 0.25) is 0 Å². The van der Waals surface area contributed by atoms with E-state index in [0.29, 0.717) is 0 Å². The van der Waals surface area contributed by atoms with Crippen molar-refractivity contribution < 1.29 is 0 Å². The lowest BCUT2D eigenvalue weighted by Gasteiger charge is -1.90. The second-order valence-corrected chi connectivity index (χ2v) is 3.94. The molecule has 10 heavy (non-hydrogen) atoms. The van der Waals surface area contributed by atoms with E-state index in [9.17, 15) is 0 Å². The van der Waals surface area contributed by atoms with Crippen molar-refractivity contribution in [3.8, 4) is 0 Å². The van der Waals surface area contributed by atoms with E-state index in [0.717, 1.165) is 11.5 Å². The van der Waals surface area contributed by atoms with Gasteiger partial charge in [-0.1, -0.05) is 0 Å². The highest BCUT2D eigenvalue weighted by molar-refractivity contribution is 8.06. The maximum absolute atomic E-state index is 3.93. The quantitative estimate of drug-likeness (QED) is 0.528. The molecule has 0 aromatic rings. The molecule has 0 unspecified atom stereocenters. The van der Waals surface area contributed by atoms with Crippen molar-refractivity contribution in [2.75, 3.05) is 11.5 Å². The molecular weight excluding hydrogens is 200 g/mol. The lowest BCUT2D eigenvalue weighted by atomic mass is 11.0. The summed E-state index contributed by atoms with van der Waals surface area (Å²) < 4.78 is 0. The normalized spacial score (nSPS) is 11.8. The fourth-order valence-electron chi connectivity index (χ4n) is 0.318. The highest BCUT2D eigenvalue weighted by atomic mass is 32.2. The molecule has 0 nitrogen and oxygen atoms in total. The molecule has 4 heteroatoms. The Hall–Kier alpha value is 0.880. The third-order valence-corrected chi connectivity index (χ3v) is 3.13. The van der Waals surface area contributed by atoms with Crippen LogP contribution in [0.2, 0.25) is 0 Å². The standard InChI is InChI=1S/C6H10S4/c7-1-3-9-5-6-10-4-2-8/h1-4,7-8H,5-6H2/b3-1+,4-2+. The van der Waals surface area contributed by atoms with E-state index in [4.69, 9.17) is 0 Å². The maximum atomic E-state index is 3.93. The van der Waals surface area contributed by atoms with E-state index >= 15 is 0 Å². The summed E-state index contributed by atoms with van der Waals surface area (Å²) in [6, 6.07) is 0. The molecule has 0 bridgehead atoms. The molecule has 0 aliphatic heterocycles. The van der Waals surface area contributed by atoms with Crippen LogP contribution in [0.5, 0.6) is 0 Å². The first-order valence-electron chi connectivity index (χ1n) is 2.73. The zero-order chi connectivity index (χ0) is 7.66. The lowest BCUT2D eigenvalue weighted by Crippen LogP contribution is -1.76. The largest absolute Gasteiger partial charge is 0.151 e. The number of thioether (sulfide) groups is 2. The average molecular weight is 210 g/mol. The molecule has 0 heterocycles. The summed E-state index contributed by atoms with van der Waals surface area (Å²) in [6.45, 7) is 0. The Labute approximate surface area is 81.7 Å². The van der Waals surface area contributed by atoms with Gasteiger partial charge < -0.3 is 0 Å². The van der Waals surface area contributed by atoms with Gasteiger partial charge in [0.25, 0.3) is 0 Å². The van der Waals surface area contributed by atoms with Gasteiger partial charge in [0.1, 0.15) is 0 Å². The van der Waals surface area contributed by atoms with Gasteiger partial charge in [-0.25, -0.2) is 0 Å². The first kappa shape index (κ1) is 10.9. The highest BCUT2D eigenvalue weighted by Crippen LogP contribution is 2.09. The van der Waals surface area contributed by atoms with Crippen LogP contribution in [0, 0.1) is 0 Å². The van der Waals surface area contributed by atoms with Crippen molar-refractivity contribution in [1.82, 2.24) is 0 Å². The maximum Gasteiger partial charge on any atom is 0.00685 e. The molecule has 0 aromatic carbocycles. The van der Waals surface area contributed by atoms with Crippen molar-refractivity contribution >= 4 is 48.8 Å². The summed E-state index contributed by atoms with van der Waals surface area (Å²) in [4.78, 5) is 0. The van der Waals surface area contributed by atoms with E-state index in [2.05, 4.69) is 25.3 Å². The van der Waals surface area contributed by atoms with Crippen LogP contribution in [-0.4, -0.2) is 11.5 Å². The minimum atomic E-state index is 1.12. The van der Waals surface area contributed by atoms with Crippen molar-refractivity contribution in [2.24, 2.45) is 0 Å². The van der Waals surface area contributed by atoms with Gasteiger partial charge in [0.15, 0.2) is 0 Å². The predicted molar refractivity (Wildman–Crippen MR) is 61.2 cm³/mol. The van der Waals surface area contributed by atoms with Crippen LogP contribution in [-0.2, 0) is 0 Å². The second kappa shape index (κ2) is 9.88. The third kappa shape index (κ3) is 8.88. The fraction of sp³-hybridized carbons (Fsp3) is 0.333. The van der Waals surface area contributed by atoms with E-state index in [1.807, 2.05) is 10.8 Å². The molecule has 0 fully saturated rings. The van der Waals surface area contributed by atoms with E-state index in [1.54, 1.807) is 34.3 Å². The average Bonchev–Trinajstić information content (AvgIpc) is 1.97. The summed E-state index contributed by atoms with van der Waals surface area (Å²) >= 11 is 11.4. The lowest BCUT2D eigenvalue weighted by molar-refractivity contribution is 1.57. The molecule has 0 saturated carbocycles. The number of thiol groups is 2. The molecule has 0 amide bonds. The molecule has 0 saturated heterocycles.